The van der Waals surface area contributed by atoms with Crippen LogP contribution in [0.4, 0.5) is 5.69 Å². The SMILES string of the molecule is CCc1cccc(NC(=O)c2ccccc2SC[C@H]2CCCO2)c1. The van der Waals surface area contributed by atoms with Crippen LogP contribution in [0, 0.1) is 0 Å². The predicted octanol–water partition coefficient (Wildman–Crippen LogP) is 4.77. The molecule has 0 aliphatic carbocycles. The Morgan fingerprint density at radius 2 is 2.12 bits per heavy atom. The summed E-state index contributed by atoms with van der Waals surface area (Å²) in [6.07, 6.45) is 3.52. The third-order valence-corrected chi connectivity index (χ3v) is 5.38. The molecule has 0 unspecified atom stereocenters. The molecule has 1 aliphatic heterocycles. The van der Waals surface area contributed by atoms with Crippen LogP contribution in [0.15, 0.2) is 53.4 Å². The van der Waals surface area contributed by atoms with Crippen LogP contribution in [0.5, 0.6) is 0 Å². The van der Waals surface area contributed by atoms with Gasteiger partial charge in [0.1, 0.15) is 0 Å². The second-order valence-electron chi connectivity index (χ2n) is 5.95. The molecule has 1 amide bonds. The van der Waals surface area contributed by atoms with Crippen molar-refractivity contribution < 1.29 is 9.53 Å². The van der Waals surface area contributed by atoms with Crippen LogP contribution >= 0.6 is 11.8 Å². The summed E-state index contributed by atoms with van der Waals surface area (Å²) in [5, 5.41) is 3.02. The highest BCUT2D eigenvalue weighted by molar-refractivity contribution is 7.99. The zero-order chi connectivity index (χ0) is 16.8. The molecular formula is C20H23NO2S. The van der Waals surface area contributed by atoms with E-state index in [1.807, 2.05) is 42.5 Å². The topological polar surface area (TPSA) is 38.3 Å². The molecule has 1 N–H and O–H groups in total. The largest absolute Gasteiger partial charge is 0.377 e. The summed E-state index contributed by atoms with van der Waals surface area (Å²) in [6.45, 7) is 2.97. The van der Waals surface area contributed by atoms with E-state index >= 15 is 0 Å². The number of benzene rings is 2. The molecule has 1 saturated heterocycles. The highest BCUT2D eigenvalue weighted by Crippen LogP contribution is 2.27. The molecule has 2 aromatic carbocycles. The summed E-state index contributed by atoms with van der Waals surface area (Å²) in [5.74, 6) is 0.842. The molecule has 2 aromatic rings. The van der Waals surface area contributed by atoms with Gasteiger partial charge in [0.05, 0.1) is 11.7 Å². The molecule has 3 nitrogen and oxygen atoms in total. The van der Waals surface area contributed by atoms with Crippen LogP contribution < -0.4 is 5.32 Å². The van der Waals surface area contributed by atoms with Gasteiger partial charge in [0.15, 0.2) is 0 Å². The minimum Gasteiger partial charge on any atom is -0.377 e. The Balaban J connectivity index is 1.69. The maximum atomic E-state index is 12.7. The number of carbonyl (C=O) groups excluding carboxylic acids is 1. The Labute approximate surface area is 147 Å². The molecule has 126 valence electrons. The molecule has 0 bridgehead atoms. The van der Waals surface area contributed by atoms with Crippen LogP contribution in [0.25, 0.3) is 0 Å². The zero-order valence-electron chi connectivity index (χ0n) is 14.0. The Bertz CT molecular complexity index is 696. The van der Waals surface area contributed by atoms with E-state index in [4.69, 9.17) is 4.74 Å². The van der Waals surface area contributed by atoms with Crippen molar-refractivity contribution in [2.75, 3.05) is 17.7 Å². The number of rotatable bonds is 6. The number of hydrogen-bond acceptors (Lipinski definition) is 3. The molecule has 1 heterocycles. The number of carbonyl (C=O) groups is 1. The standard InChI is InChI=1S/C20H23NO2S/c1-2-15-7-5-8-16(13-15)21-20(22)18-10-3-4-11-19(18)24-14-17-9-6-12-23-17/h3-5,7-8,10-11,13,17H,2,6,9,12,14H2,1H3,(H,21,22)/t17-/m1/s1. The fourth-order valence-electron chi connectivity index (χ4n) is 2.81. The molecule has 0 aromatic heterocycles. The smallest absolute Gasteiger partial charge is 0.256 e. The Morgan fingerprint density at radius 3 is 2.92 bits per heavy atom. The highest BCUT2D eigenvalue weighted by atomic mass is 32.2. The lowest BCUT2D eigenvalue weighted by atomic mass is 10.1. The van der Waals surface area contributed by atoms with Crippen LogP contribution in [-0.4, -0.2) is 24.4 Å². The molecule has 1 fully saturated rings. The van der Waals surface area contributed by atoms with Gasteiger partial charge in [0.25, 0.3) is 5.91 Å². The van der Waals surface area contributed by atoms with Crippen LogP contribution in [-0.2, 0) is 11.2 Å². The zero-order valence-corrected chi connectivity index (χ0v) is 14.8. The average molecular weight is 341 g/mol. The van der Waals surface area contributed by atoms with Crippen molar-refractivity contribution in [3.05, 3.63) is 59.7 Å². The van der Waals surface area contributed by atoms with Gasteiger partial charge in [0, 0.05) is 22.9 Å². The average Bonchev–Trinajstić information content (AvgIpc) is 3.14. The van der Waals surface area contributed by atoms with Gasteiger partial charge < -0.3 is 10.1 Å². The molecule has 24 heavy (non-hydrogen) atoms. The van der Waals surface area contributed by atoms with Crippen LogP contribution in [0.2, 0.25) is 0 Å². The third kappa shape index (κ3) is 4.40. The first-order chi connectivity index (χ1) is 11.8. The molecule has 1 aliphatic rings. The molecule has 0 spiro atoms. The first kappa shape index (κ1) is 17.1. The molecule has 0 radical (unpaired) electrons. The summed E-state index contributed by atoms with van der Waals surface area (Å²) >= 11 is 1.71. The van der Waals surface area contributed by atoms with Crippen LogP contribution in [0.1, 0.15) is 35.7 Å². The predicted molar refractivity (Wildman–Crippen MR) is 99.9 cm³/mol. The van der Waals surface area contributed by atoms with E-state index < -0.39 is 0 Å². The van der Waals surface area contributed by atoms with E-state index in [0.717, 1.165) is 47.8 Å². The normalized spacial score (nSPS) is 17.0. The van der Waals surface area contributed by atoms with Crippen molar-refractivity contribution in [1.29, 1.82) is 0 Å². The molecule has 1 atom stereocenters. The van der Waals surface area contributed by atoms with Crippen molar-refractivity contribution >= 4 is 23.4 Å². The number of amides is 1. The van der Waals surface area contributed by atoms with Gasteiger partial charge in [-0.3, -0.25) is 4.79 Å². The van der Waals surface area contributed by atoms with E-state index in [0.29, 0.717) is 6.10 Å². The fraction of sp³-hybridized carbons (Fsp3) is 0.350. The summed E-state index contributed by atoms with van der Waals surface area (Å²) < 4.78 is 5.67. The number of aryl methyl sites for hydroxylation is 1. The minimum atomic E-state index is -0.0568. The lowest BCUT2D eigenvalue weighted by molar-refractivity contribution is 0.102. The number of nitrogens with one attached hydrogen (secondary N) is 1. The van der Waals surface area contributed by atoms with E-state index in [9.17, 15) is 4.79 Å². The lowest BCUT2D eigenvalue weighted by Gasteiger charge is -2.12. The van der Waals surface area contributed by atoms with Gasteiger partial charge in [-0.1, -0.05) is 31.2 Å². The van der Waals surface area contributed by atoms with Crippen molar-refractivity contribution in [2.24, 2.45) is 0 Å². The summed E-state index contributed by atoms with van der Waals surface area (Å²) in [6, 6.07) is 15.8. The van der Waals surface area contributed by atoms with Gasteiger partial charge in [-0.15, -0.1) is 11.8 Å². The summed E-state index contributed by atoms with van der Waals surface area (Å²) in [7, 11) is 0. The summed E-state index contributed by atoms with van der Waals surface area (Å²) in [5.41, 5.74) is 2.79. The highest BCUT2D eigenvalue weighted by Gasteiger charge is 2.18. The third-order valence-electron chi connectivity index (χ3n) is 4.17. The van der Waals surface area contributed by atoms with Gasteiger partial charge in [-0.2, -0.15) is 0 Å². The lowest BCUT2D eigenvalue weighted by Crippen LogP contribution is -2.14. The second-order valence-corrected chi connectivity index (χ2v) is 7.01. The first-order valence-electron chi connectivity index (χ1n) is 8.50. The number of thioether (sulfide) groups is 1. The Morgan fingerprint density at radius 1 is 1.25 bits per heavy atom. The fourth-order valence-corrected chi connectivity index (χ4v) is 3.93. The maximum absolute atomic E-state index is 12.7. The summed E-state index contributed by atoms with van der Waals surface area (Å²) in [4.78, 5) is 13.7. The van der Waals surface area contributed by atoms with Gasteiger partial charge in [-0.25, -0.2) is 0 Å². The van der Waals surface area contributed by atoms with Crippen molar-refractivity contribution in [3.8, 4) is 0 Å². The molecule has 4 heteroatoms. The van der Waals surface area contributed by atoms with Crippen molar-refractivity contribution in [2.45, 2.75) is 37.2 Å². The number of ether oxygens (including phenoxy) is 1. The minimum absolute atomic E-state index is 0.0568. The van der Waals surface area contributed by atoms with Gasteiger partial charge >= 0.3 is 0 Å². The van der Waals surface area contributed by atoms with Crippen molar-refractivity contribution in [3.63, 3.8) is 0 Å². The van der Waals surface area contributed by atoms with E-state index in [1.165, 1.54) is 5.56 Å². The van der Waals surface area contributed by atoms with E-state index in [2.05, 4.69) is 18.3 Å². The quantitative estimate of drug-likeness (QED) is 0.769. The maximum Gasteiger partial charge on any atom is 0.256 e. The second kappa shape index (κ2) is 8.36. The Kier molecular flexibility index (Phi) is 5.94. The molecule has 3 rings (SSSR count). The first-order valence-corrected chi connectivity index (χ1v) is 9.48. The van der Waals surface area contributed by atoms with Gasteiger partial charge in [-0.05, 0) is 49.1 Å². The van der Waals surface area contributed by atoms with Crippen molar-refractivity contribution in [1.82, 2.24) is 0 Å². The van der Waals surface area contributed by atoms with Crippen LogP contribution in [0.3, 0.4) is 0 Å². The monoisotopic (exact) mass is 341 g/mol. The molecule has 0 saturated carbocycles. The van der Waals surface area contributed by atoms with E-state index in [-0.39, 0.29) is 5.91 Å². The number of anilines is 1. The Hall–Kier alpha value is -1.78. The number of hydrogen-bond donors (Lipinski definition) is 1. The van der Waals surface area contributed by atoms with Gasteiger partial charge in [0.2, 0.25) is 0 Å². The van der Waals surface area contributed by atoms with E-state index in [1.54, 1.807) is 11.8 Å². The molecular weight excluding hydrogens is 318 g/mol.